The average Bonchev–Trinajstić information content (AvgIpc) is 2.76. The van der Waals surface area contributed by atoms with Crippen LogP contribution in [0, 0.1) is 0 Å². The van der Waals surface area contributed by atoms with Crippen LogP contribution in [-0.4, -0.2) is 22.5 Å². The summed E-state index contributed by atoms with van der Waals surface area (Å²) in [7, 11) is 3.69. The largest absolute Gasteiger partial charge is 0.376 e. The SMILES string of the molecule is COC1(C(N)c2cnn(C)c2)CCCCC1. The molecule has 0 saturated heterocycles. The van der Waals surface area contributed by atoms with Crippen molar-refractivity contribution < 1.29 is 4.74 Å². The highest BCUT2D eigenvalue weighted by atomic mass is 16.5. The summed E-state index contributed by atoms with van der Waals surface area (Å²) in [5.41, 5.74) is 7.25. The highest BCUT2D eigenvalue weighted by Crippen LogP contribution is 2.39. The molecular formula is C12H21N3O. The molecule has 90 valence electrons. The van der Waals surface area contributed by atoms with Crippen molar-refractivity contribution in [3.63, 3.8) is 0 Å². The van der Waals surface area contributed by atoms with Crippen molar-refractivity contribution in [2.24, 2.45) is 12.8 Å². The zero-order chi connectivity index (χ0) is 11.6. The third-order valence-corrected chi connectivity index (χ3v) is 3.76. The summed E-state index contributed by atoms with van der Waals surface area (Å²) in [5, 5.41) is 4.18. The lowest BCUT2D eigenvalue weighted by Crippen LogP contribution is -2.44. The molecule has 1 fully saturated rings. The lowest BCUT2D eigenvalue weighted by molar-refractivity contribution is -0.0595. The Morgan fingerprint density at radius 2 is 2.12 bits per heavy atom. The van der Waals surface area contributed by atoms with Crippen molar-refractivity contribution in [2.45, 2.75) is 43.7 Å². The van der Waals surface area contributed by atoms with Crippen LogP contribution in [0.5, 0.6) is 0 Å². The predicted octanol–water partition coefficient (Wildman–Crippen LogP) is 1.77. The van der Waals surface area contributed by atoms with Gasteiger partial charge in [0.2, 0.25) is 0 Å². The number of methoxy groups -OCH3 is 1. The Morgan fingerprint density at radius 1 is 1.44 bits per heavy atom. The molecule has 1 aromatic rings. The summed E-state index contributed by atoms with van der Waals surface area (Å²) in [4.78, 5) is 0. The molecule has 1 unspecified atom stereocenters. The van der Waals surface area contributed by atoms with Gasteiger partial charge in [0, 0.05) is 25.9 Å². The molecule has 1 aromatic heterocycles. The van der Waals surface area contributed by atoms with Crippen molar-refractivity contribution in [3.05, 3.63) is 18.0 Å². The van der Waals surface area contributed by atoms with Crippen LogP contribution < -0.4 is 5.73 Å². The molecule has 0 aliphatic heterocycles. The first-order valence-corrected chi connectivity index (χ1v) is 5.97. The second kappa shape index (κ2) is 4.55. The number of rotatable bonds is 3. The van der Waals surface area contributed by atoms with E-state index in [1.165, 1.54) is 19.3 Å². The number of ether oxygens (including phenoxy) is 1. The number of nitrogens with two attached hydrogens (primary N) is 1. The first-order valence-electron chi connectivity index (χ1n) is 5.97. The third kappa shape index (κ3) is 1.99. The molecule has 0 amide bonds. The summed E-state index contributed by atoms with van der Waals surface area (Å²) in [6.07, 6.45) is 9.66. The number of nitrogens with zero attached hydrogens (tertiary/aromatic N) is 2. The lowest BCUT2D eigenvalue weighted by Gasteiger charge is -2.40. The van der Waals surface area contributed by atoms with E-state index in [1.54, 1.807) is 11.8 Å². The highest BCUT2D eigenvalue weighted by molar-refractivity contribution is 5.16. The molecule has 1 aliphatic carbocycles. The summed E-state index contributed by atoms with van der Waals surface area (Å²) in [6.45, 7) is 0. The van der Waals surface area contributed by atoms with Gasteiger partial charge in [-0.1, -0.05) is 19.3 Å². The van der Waals surface area contributed by atoms with Crippen LogP contribution in [0.3, 0.4) is 0 Å². The van der Waals surface area contributed by atoms with E-state index < -0.39 is 0 Å². The maximum atomic E-state index is 6.35. The molecule has 1 saturated carbocycles. The summed E-state index contributed by atoms with van der Waals surface area (Å²) in [5.74, 6) is 0. The first kappa shape index (κ1) is 11.6. The average molecular weight is 223 g/mol. The molecule has 0 spiro atoms. The molecule has 1 atom stereocenters. The quantitative estimate of drug-likeness (QED) is 0.849. The normalized spacial score (nSPS) is 21.9. The smallest absolute Gasteiger partial charge is 0.0871 e. The van der Waals surface area contributed by atoms with E-state index in [2.05, 4.69) is 5.10 Å². The Hall–Kier alpha value is -0.870. The first-order chi connectivity index (χ1) is 7.68. The number of aromatic nitrogens is 2. The van der Waals surface area contributed by atoms with Gasteiger partial charge < -0.3 is 10.5 Å². The van der Waals surface area contributed by atoms with Crippen molar-refractivity contribution in [3.8, 4) is 0 Å². The predicted molar refractivity (Wildman–Crippen MR) is 63.0 cm³/mol. The fraction of sp³-hybridized carbons (Fsp3) is 0.750. The monoisotopic (exact) mass is 223 g/mol. The van der Waals surface area contributed by atoms with Crippen LogP contribution in [0.2, 0.25) is 0 Å². The molecular weight excluding hydrogens is 202 g/mol. The Kier molecular flexibility index (Phi) is 3.30. The Balaban J connectivity index is 2.20. The molecule has 2 rings (SSSR count). The number of aryl methyl sites for hydroxylation is 1. The number of hydrogen-bond donors (Lipinski definition) is 1. The lowest BCUT2D eigenvalue weighted by atomic mass is 9.77. The topological polar surface area (TPSA) is 53.1 Å². The Labute approximate surface area is 96.8 Å². The van der Waals surface area contributed by atoms with Crippen LogP contribution in [0.25, 0.3) is 0 Å². The molecule has 4 heteroatoms. The van der Waals surface area contributed by atoms with Gasteiger partial charge in [0.25, 0.3) is 0 Å². The number of hydrogen-bond acceptors (Lipinski definition) is 3. The maximum Gasteiger partial charge on any atom is 0.0871 e. The van der Waals surface area contributed by atoms with Crippen LogP contribution in [0.4, 0.5) is 0 Å². The van der Waals surface area contributed by atoms with Gasteiger partial charge in [0.1, 0.15) is 0 Å². The van der Waals surface area contributed by atoms with E-state index in [-0.39, 0.29) is 11.6 Å². The van der Waals surface area contributed by atoms with Crippen LogP contribution >= 0.6 is 0 Å². The van der Waals surface area contributed by atoms with E-state index in [0.717, 1.165) is 18.4 Å². The van der Waals surface area contributed by atoms with E-state index in [1.807, 2.05) is 19.4 Å². The van der Waals surface area contributed by atoms with E-state index in [4.69, 9.17) is 10.5 Å². The molecule has 0 aromatic carbocycles. The molecule has 1 heterocycles. The summed E-state index contributed by atoms with van der Waals surface area (Å²) >= 11 is 0. The molecule has 0 radical (unpaired) electrons. The highest BCUT2D eigenvalue weighted by Gasteiger charge is 2.39. The van der Waals surface area contributed by atoms with Crippen LogP contribution in [-0.2, 0) is 11.8 Å². The second-order valence-electron chi connectivity index (χ2n) is 4.75. The van der Waals surface area contributed by atoms with Gasteiger partial charge in [-0.25, -0.2) is 0 Å². The Bertz CT molecular complexity index is 342. The van der Waals surface area contributed by atoms with Gasteiger partial charge in [-0.15, -0.1) is 0 Å². The van der Waals surface area contributed by atoms with Crippen LogP contribution in [0.1, 0.15) is 43.7 Å². The van der Waals surface area contributed by atoms with Crippen LogP contribution in [0.15, 0.2) is 12.4 Å². The standard InChI is InChI=1S/C12H21N3O/c1-15-9-10(8-14-15)11(13)12(16-2)6-4-3-5-7-12/h8-9,11H,3-7,13H2,1-2H3. The van der Waals surface area contributed by atoms with Gasteiger partial charge in [0.15, 0.2) is 0 Å². The third-order valence-electron chi connectivity index (χ3n) is 3.76. The maximum absolute atomic E-state index is 6.35. The molecule has 2 N–H and O–H groups in total. The fourth-order valence-corrected chi connectivity index (χ4v) is 2.70. The summed E-state index contributed by atoms with van der Waals surface area (Å²) in [6, 6.07) is -0.0634. The van der Waals surface area contributed by atoms with Crippen molar-refractivity contribution in [1.82, 2.24) is 9.78 Å². The summed E-state index contributed by atoms with van der Waals surface area (Å²) < 4.78 is 7.54. The van der Waals surface area contributed by atoms with Crippen molar-refractivity contribution in [2.75, 3.05) is 7.11 Å². The van der Waals surface area contributed by atoms with Crippen molar-refractivity contribution in [1.29, 1.82) is 0 Å². The minimum absolute atomic E-state index is 0.0634. The van der Waals surface area contributed by atoms with Crippen molar-refractivity contribution >= 4 is 0 Å². The minimum atomic E-state index is -0.179. The van der Waals surface area contributed by atoms with Gasteiger partial charge in [-0.2, -0.15) is 5.10 Å². The van der Waals surface area contributed by atoms with E-state index >= 15 is 0 Å². The van der Waals surface area contributed by atoms with Gasteiger partial charge in [0.05, 0.1) is 17.8 Å². The van der Waals surface area contributed by atoms with Gasteiger partial charge in [-0.05, 0) is 12.8 Å². The van der Waals surface area contributed by atoms with E-state index in [9.17, 15) is 0 Å². The molecule has 1 aliphatic rings. The fourth-order valence-electron chi connectivity index (χ4n) is 2.70. The van der Waals surface area contributed by atoms with E-state index in [0.29, 0.717) is 0 Å². The molecule has 4 nitrogen and oxygen atoms in total. The zero-order valence-corrected chi connectivity index (χ0v) is 10.1. The van der Waals surface area contributed by atoms with Gasteiger partial charge in [-0.3, -0.25) is 4.68 Å². The van der Waals surface area contributed by atoms with Gasteiger partial charge >= 0.3 is 0 Å². The second-order valence-corrected chi connectivity index (χ2v) is 4.75. The zero-order valence-electron chi connectivity index (χ0n) is 10.1. The Morgan fingerprint density at radius 3 is 2.62 bits per heavy atom. The minimum Gasteiger partial charge on any atom is -0.376 e. The molecule has 16 heavy (non-hydrogen) atoms. The molecule has 0 bridgehead atoms.